The summed E-state index contributed by atoms with van der Waals surface area (Å²) in [6.45, 7) is 1.82. The van der Waals surface area contributed by atoms with Crippen LogP contribution >= 0.6 is 0 Å². The van der Waals surface area contributed by atoms with Crippen molar-refractivity contribution in [2.45, 2.75) is 68.7 Å². The van der Waals surface area contributed by atoms with Crippen molar-refractivity contribution in [3.63, 3.8) is 0 Å². The van der Waals surface area contributed by atoms with Crippen molar-refractivity contribution in [1.29, 1.82) is 5.26 Å². The summed E-state index contributed by atoms with van der Waals surface area (Å²) in [5.41, 5.74) is 3.61. The second-order valence-corrected chi connectivity index (χ2v) is 7.91. The van der Waals surface area contributed by atoms with Gasteiger partial charge in [0.25, 0.3) is 0 Å². The predicted octanol–water partition coefficient (Wildman–Crippen LogP) is 0.984. The standard InChI is InChI=1S/C19H23N5O6/c1-18(7-3-2-4-8-18)30-17(27)28-16-13(25)14(26)19(9-20,29-16)12-6-5-11-15(21)22-10-23-24(11)12/h5-6,10,13-14,16,25-26H,2-4,7-8H2,1H3,(H2,21,22,23)/t13-,14+,16-,19-/m0/s1. The van der Waals surface area contributed by atoms with Gasteiger partial charge in [-0.05, 0) is 44.7 Å². The summed E-state index contributed by atoms with van der Waals surface area (Å²) in [6, 6.07) is 4.91. The summed E-state index contributed by atoms with van der Waals surface area (Å²) in [5.74, 6) is 0.162. The van der Waals surface area contributed by atoms with Crippen molar-refractivity contribution >= 4 is 17.5 Å². The average molecular weight is 417 g/mol. The molecule has 0 amide bonds. The topological polar surface area (TPSA) is 165 Å². The van der Waals surface area contributed by atoms with Crippen molar-refractivity contribution < 1.29 is 29.2 Å². The molecule has 1 saturated heterocycles. The van der Waals surface area contributed by atoms with Gasteiger partial charge in [-0.3, -0.25) is 0 Å². The highest BCUT2D eigenvalue weighted by atomic mass is 16.8. The quantitative estimate of drug-likeness (QED) is 0.613. The van der Waals surface area contributed by atoms with Crippen LogP contribution in [0.25, 0.3) is 5.52 Å². The highest BCUT2D eigenvalue weighted by molar-refractivity contribution is 5.66. The Morgan fingerprint density at radius 2 is 2.10 bits per heavy atom. The molecule has 160 valence electrons. The third-order valence-electron chi connectivity index (χ3n) is 5.80. The Hall–Kier alpha value is -2.94. The number of fused-ring (bicyclic) bond motifs is 1. The number of nitrogen functional groups attached to an aromatic ring is 1. The highest BCUT2D eigenvalue weighted by Crippen LogP contribution is 2.41. The van der Waals surface area contributed by atoms with E-state index in [0.29, 0.717) is 18.4 Å². The minimum Gasteiger partial charge on any atom is -0.428 e. The van der Waals surface area contributed by atoms with E-state index in [1.165, 1.54) is 16.9 Å². The maximum Gasteiger partial charge on any atom is 0.511 e. The highest BCUT2D eigenvalue weighted by Gasteiger charge is 2.59. The van der Waals surface area contributed by atoms with Crippen LogP contribution in [-0.4, -0.2) is 55.1 Å². The largest absolute Gasteiger partial charge is 0.511 e. The molecule has 3 heterocycles. The Morgan fingerprint density at radius 3 is 2.80 bits per heavy atom. The maximum atomic E-state index is 12.3. The molecular formula is C19H23N5O6. The Balaban J connectivity index is 1.57. The van der Waals surface area contributed by atoms with E-state index in [-0.39, 0.29) is 11.5 Å². The van der Waals surface area contributed by atoms with Gasteiger partial charge < -0.3 is 30.2 Å². The van der Waals surface area contributed by atoms with Crippen LogP contribution in [0.1, 0.15) is 44.7 Å². The predicted molar refractivity (Wildman–Crippen MR) is 101 cm³/mol. The molecule has 1 aliphatic heterocycles. The van der Waals surface area contributed by atoms with E-state index in [1.54, 1.807) is 6.07 Å². The van der Waals surface area contributed by atoms with Gasteiger partial charge in [-0.1, -0.05) is 6.42 Å². The number of aliphatic hydroxyl groups excluding tert-OH is 2. The molecular weight excluding hydrogens is 394 g/mol. The molecule has 1 aliphatic carbocycles. The number of ether oxygens (including phenoxy) is 3. The van der Waals surface area contributed by atoms with Gasteiger partial charge in [0.15, 0.2) is 5.82 Å². The lowest BCUT2D eigenvalue weighted by atomic mass is 9.86. The van der Waals surface area contributed by atoms with E-state index in [2.05, 4.69) is 10.1 Å². The third-order valence-corrected chi connectivity index (χ3v) is 5.80. The molecule has 0 aromatic carbocycles. The van der Waals surface area contributed by atoms with Crippen molar-refractivity contribution in [2.24, 2.45) is 0 Å². The van der Waals surface area contributed by atoms with Crippen LogP contribution in [0, 0.1) is 11.3 Å². The van der Waals surface area contributed by atoms with Crippen molar-refractivity contribution in [3.8, 4) is 6.07 Å². The van der Waals surface area contributed by atoms with Gasteiger partial charge in [0.1, 0.15) is 35.7 Å². The Morgan fingerprint density at radius 1 is 1.37 bits per heavy atom. The van der Waals surface area contributed by atoms with Crippen molar-refractivity contribution in [1.82, 2.24) is 14.6 Å². The first-order valence-electron chi connectivity index (χ1n) is 9.73. The van der Waals surface area contributed by atoms with Gasteiger partial charge in [0.2, 0.25) is 11.9 Å². The van der Waals surface area contributed by atoms with Crippen LogP contribution < -0.4 is 5.73 Å². The van der Waals surface area contributed by atoms with Crippen LogP contribution in [0.4, 0.5) is 10.6 Å². The Kier molecular flexibility index (Phi) is 5.01. The van der Waals surface area contributed by atoms with Gasteiger partial charge in [-0.15, -0.1) is 0 Å². The summed E-state index contributed by atoms with van der Waals surface area (Å²) in [7, 11) is 0. The fraction of sp³-hybridized carbons (Fsp3) is 0.579. The van der Waals surface area contributed by atoms with Crippen molar-refractivity contribution in [2.75, 3.05) is 5.73 Å². The maximum absolute atomic E-state index is 12.3. The van der Waals surface area contributed by atoms with Crippen LogP contribution in [-0.2, 0) is 19.8 Å². The molecule has 1 saturated carbocycles. The summed E-state index contributed by atoms with van der Waals surface area (Å²) in [6.07, 6.45) is -0.485. The van der Waals surface area contributed by atoms with Gasteiger partial charge in [0, 0.05) is 0 Å². The monoisotopic (exact) mass is 417 g/mol. The molecule has 0 radical (unpaired) electrons. The molecule has 4 N–H and O–H groups in total. The molecule has 11 heteroatoms. The lowest BCUT2D eigenvalue weighted by molar-refractivity contribution is -0.172. The number of nitrogens with two attached hydrogens (primary N) is 1. The summed E-state index contributed by atoms with van der Waals surface area (Å²) >= 11 is 0. The van der Waals surface area contributed by atoms with E-state index in [0.717, 1.165) is 19.3 Å². The smallest absolute Gasteiger partial charge is 0.428 e. The van der Waals surface area contributed by atoms with Gasteiger partial charge in [-0.2, -0.15) is 10.4 Å². The second-order valence-electron chi connectivity index (χ2n) is 7.91. The molecule has 0 bridgehead atoms. The lowest BCUT2D eigenvalue weighted by Crippen LogP contribution is -2.41. The molecule has 4 rings (SSSR count). The van der Waals surface area contributed by atoms with Crippen LogP contribution in [0.15, 0.2) is 18.5 Å². The van der Waals surface area contributed by atoms with Crippen LogP contribution in [0.5, 0.6) is 0 Å². The molecule has 11 nitrogen and oxygen atoms in total. The third kappa shape index (κ3) is 3.23. The number of carbonyl (C=O) groups excluding carboxylic acids is 1. The number of rotatable bonds is 3. The molecule has 2 fully saturated rings. The number of nitriles is 1. The van der Waals surface area contributed by atoms with Crippen molar-refractivity contribution in [3.05, 3.63) is 24.2 Å². The number of aliphatic hydroxyl groups is 2. The SMILES string of the molecule is CC1(OC(=O)O[C@H]2O[C@@](C#N)(c3ccc4c(N)ncnn34)[C@H](O)[C@@H]2O)CCCCC1. The zero-order chi connectivity index (χ0) is 21.5. The lowest BCUT2D eigenvalue weighted by Gasteiger charge is -2.33. The average Bonchev–Trinajstić information content (AvgIpc) is 3.25. The number of nitrogens with zero attached hydrogens (tertiary/aromatic N) is 4. The molecule has 30 heavy (non-hydrogen) atoms. The number of aromatic nitrogens is 3. The first-order valence-corrected chi connectivity index (χ1v) is 9.73. The summed E-state index contributed by atoms with van der Waals surface area (Å²) < 4.78 is 17.5. The molecule has 2 aromatic heterocycles. The zero-order valence-corrected chi connectivity index (χ0v) is 16.4. The fourth-order valence-corrected chi connectivity index (χ4v) is 4.12. The van der Waals surface area contributed by atoms with E-state index in [9.17, 15) is 20.3 Å². The Bertz CT molecular complexity index is 997. The molecule has 0 spiro atoms. The first-order chi connectivity index (χ1) is 14.3. The minimum atomic E-state index is -2.05. The van der Waals surface area contributed by atoms with Gasteiger partial charge >= 0.3 is 6.16 Å². The summed E-state index contributed by atoms with van der Waals surface area (Å²) in [4.78, 5) is 16.2. The number of hydrogen-bond donors (Lipinski definition) is 3. The molecule has 4 atom stereocenters. The van der Waals surface area contributed by atoms with E-state index < -0.39 is 35.9 Å². The summed E-state index contributed by atoms with van der Waals surface area (Å²) in [5, 5.41) is 35.0. The molecule has 2 aromatic rings. The normalized spacial score (nSPS) is 30.7. The minimum absolute atomic E-state index is 0.111. The van der Waals surface area contributed by atoms with E-state index in [4.69, 9.17) is 19.9 Å². The fourth-order valence-electron chi connectivity index (χ4n) is 4.12. The van der Waals surface area contributed by atoms with E-state index >= 15 is 0 Å². The van der Waals surface area contributed by atoms with Crippen LogP contribution in [0.2, 0.25) is 0 Å². The number of hydrogen-bond acceptors (Lipinski definition) is 10. The Labute approximate surface area is 172 Å². The second kappa shape index (κ2) is 7.39. The van der Waals surface area contributed by atoms with Gasteiger partial charge in [0.05, 0.1) is 5.69 Å². The number of carbonyl (C=O) groups is 1. The van der Waals surface area contributed by atoms with Crippen LogP contribution in [0.3, 0.4) is 0 Å². The number of anilines is 1. The molecule has 2 aliphatic rings. The van der Waals surface area contributed by atoms with E-state index in [1.807, 2.05) is 13.0 Å². The zero-order valence-electron chi connectivity index (χ0n) is 16.4. The molecule has 0 unspecified atom stereocenters. The first kappa shape index (κ1) is 20.3. The van der Waals surface area contributed by atoms with Gasteiger partial charge in [-0.25, -0.2) is 14.3 Å².